The molecule has 128 valence electrons. The Morgan fingerprint density at radius 2 is 1.67 bits per heavy atom. The highest BCUT2D eigenvalue weighted by atomic mass is 35.5. The molecule has 0 spiro atoms. The standard InChI is InChI=1S/C17H17ClFNO3S/c18-14-3-1-13(2-4-14)9-11-20-17(21)10-12-24(22,23)16-7-5-15(19)6-8-16/h1-8H,9-12H2,(H,20,21). The van der Waals surface area contributed by atoms with E-state index in [0.717, 1.165) is 17.7 Å². The molecule has 1 N–H and O–H groups in total. The van der Waals surface area contributed by atoms with Gasteiger partial charge in [-0.15, -0.1) is 0 Å². The van der Waals surface area contributed by atoms with E-state index in [1.807, 2.05) is 12.1 Å². The van der Waals surface area contributed by atoms with E-state index in [9.17, 15) is 17.6 Å². The van der Waals surface area contributed by atoms with Crippen LogP contribution >= 0.6 is 11.6 Å². The molecule has 2 aromatic carbocycles. The monoisotopic (exact) mass is 369 g/mol. The summed E-state index contributed by atoms with van der Waals surface area (Å²) in [6.07, 6.45) is 0.494. The molecule has 2 rings (SSSR count). The van der Waals surface area contributed by atoms with Crippen molar-refractivity contribution in [2.24, 2.45) is 0 Å². The van der Waals surface area contributed by atoms with E-state index in [0.29, 0.717) is 18.0 Å². The molecule has 0 saturated heterocycles. The summed E-state index contributed by atoms with van der Waals surface area (Å²) in [4.78, 5) is 11.8. The molecule has 0 fully saturated rings. The predicted octanol–water partition coefficient (Wildman–Crippen LogP) is 3.00. The molecule has 0 aliphatic heterocycles. The van der Waals surface area contributed by atoms with E-state index in [1.54, 1.807) is 12.1 Å². The molecule has 0 aromatic heterocycles. The Bertz CT molecular complexity index is 790. The summed E-state index contributed by atoms with van der Waals surface area (Å²) in [7, 11) is -3.60. The molecule has 0 atom stereocenters. The number of hydrogen-bond acceptors (Lipinski definition) is 3. The largest absolute Gasteiger partial charge is 0.356 e. The Morgan fingerprint density at radius 3 is 2.29 bits per heavy atom. The molecule has 0 saturated carbocycles. The third-order valence-corrected chi connectivity index (χ3v) is 5.40. The lowest BCUT2D eigenvalue weighted by Gasteiger charge is -2.07. The molecule has 0 radical (unpaired) electrons. The van der Waals surface area contributed by atoms with Gasteiger partial charge in [-0.05, 0) is 48.4 Å². The van der Waals surface area contributed by atoms with Gasteiger partial charge in [-0.25, -0.2) is 12.8 Å². The Balaban J connectivity index is 1.78. The summed E-state index contributed by atoms with van der Waals surface area (Å²) < 4.78 is 36.9. The van der Waals surface area contributed by atoms with Crippen LogP contribution < -0.4 is 5.32 Å². The van der Waals surface area contributed by atoms with Crippen LogP contribution in [-0.4, -0.2) is 26.6 Å². The quantitative estimate of drug-likeness (QED) is 0.763. The fourth-order valence-corrected chi connectivity index (χ4v) is 3.44. The number of rotatable bonds is 7. The van der Waals surface area contributed by atoms with Crippen molar-refractivity contribution < 1.29 is 17.6 Å². The number of benzene rings is 2. The van der Waals surface area contributed by atoms with Gasteiger partial charge in [0, 0.05) is 18.0 Å². The van der Waals surface area contributed by atoms with Gasteiger partial charge >= 0.3 is 0 Å². The van der Waals surface area contributed by atoms with E-state index in [4.69, 9.17) is 11.6 Å². The third kappa shape index (κ3) is 5.62. The number of carbonyl (C=O) groups excluding carboxylic acids is 1. The van der Waals surface area contributed by atoms with Gasteiger partial charge < -0.3 is 5.32 Å². The van der Waals surface area contributed by atoms with Gasteiger partial charge in [-0.3, -0.25) is 4.79 Å². The van der Waals surface area contributed by atoms with Crippen LogP contribution in [0.4, 0.5) is 4.39 Å². The maximum atomic E-state index is 12.8. The fraction of sp³-hybridized carbons (Fsp3) is 0.235. The molecule has 0 aliphatic rings. The van der Waals surface area contributed by atoms with Gasteiger partial charge in [0.15, 0.2) is 9.84 Å². The van der Waals surface area contributed by atoms with Gasteiger partial charge in [0.1, 0.15) is 5.82 Å². The number of sulfone groups is 1. The van der Waals surface area contributed by atoms with Crippen molar-refractivity contribution in [3.8, 4) is 0 Å². The minimum atomic E-state index is -3.60. The molecule has 0 unspecified atom stereocenters. The first-order valence-electron chi connectivity index (χ1n) is 7.36. The van der Waals surface area contributed by atoms with Gasteiger partial charge in [-0.1, -0.05) is 23.7 Å². The van der Waals surface area contributed by atoms with Crippen LogP contribution in [0.2, 0.25) is 5.02 Å². The zero-order valence-electron chi connectivity index (χ0n) is 12.8. The Morgan fingerprint density at radius 1 is 1.04 bits per heavy atom. The number of amides is 1. The van der Waals surface area contributed by atoms with E-state index in [-0.39, 0.29) is 23.0 Å². The molecular formula is C17H17ClFNO3S. The summed E-state index contributed by atoms with van der Waals surface area (Å²) in [6, 6.07) is 11.8. The van der Waals surface area contributed by atoms with Crippen LogP contribution in [0.25, 0.3) is 0 Å². The third-order valence-electron chi connectivity index (χ3n) is 3.42. The van der Waals surface area contributed by atoms with Crippen molar-refractivity contribution in [3.63, 3.8) is 0 Å². The van der Waals surface area contributed by atoms with Crippen molar-refractivity contribution >= 4 is 27.3 Å². The van der Waals surface area contributed by atoms with Crippen LogP contribution in [0.3, 0.4) is 0 Å². The normalized spacial score (nSPS) is 11.2. The van der Waals surface area contributed by atoms with Crippen LogP contribution in [0, 0.1) is 5.82 Å². The summed E-state index contributed by atoms with van der Waals surface area (Å²) in [5.41, 5.74) is 1.03. The Kier molecular flexibility index (Phi) is 6.34. The molecule has 24 heavy (non-hydrogen) atoms. The molecular weight excluding hydrogens is 353 g/mol. The number of hydrogen-bond donors (Lipinski definition) is 1. The first-order chi connectivity index (χ1) is 11.4. The van der Waals surface area contributed by atoms with Crippen LogP contribution in [0.5, 0.6) is 0 Å². The minimum absolute atomic E-state index is 0.0119. The fourth-order valence-electron chi connectivity index (χ4n) is 2.07. The second-order valence-corrected chi connectivity index (χ2v) is 7.79. The first kappa shape index (κ1) is 18.4. The highest BCUT2D eigenvalue weighted by molar-refractivity contribution is 7.91. The van der Waals surface area contributed by atoms with Crippen LogP contribution in [0.15, 0.2) is 53.4 Å². The second kappa shape index (κ2) is 8.26. The van der Waals surface area contributed by atoms with Gasteiger partial charge in [-0.2, -0.15) is 0 Å². The SMILES string of the molecule is O=C(CCS(=O)(=O)c1ccc(F)cc1)NCCc1ccc(Cl)cc1. The second-order valence-electron chi connectivity index (χ2n) is 5.25. The van der Waals surface area contributed by atoms with E-state index >= 15 is 0 Å². The topological polar surface area (TPSA) is 63.2 Å². The van der Waals surface area contributed by atoms with Crippen LogP contribution in [-0.2, 0) is 21.1 Å². The number of carbonyl (C=O) groups is 1. The van der Waals surface area contributed by atoms with Crippen molar-refractivity contribution in [3.05, 3.63) is 64.9 Å². The van der Waals surface area contributed by atoms with Crippen molar-refractivity contribution in [2.45, 2.75) is 17.7 Å². The molecule has 7 heteroatoms. The smallest absolute Gasteiger partial charge is 0.221 e. The zero-order valence-corrected chi connectivity index (χ0v) is 14.4. The molecule has 4 nitrogen and oxygen atoms in total. The van der Waals surface area contributed by atoms with E-state index in [2.05, 4.69) is 5.32 Å². The highest BCUT2D eigenvalue weighted by Gasteiger charge is 2.16. The average molecular weight is 370 g/mol. The summed E-state index contributed by atoms with van der Waals surface area (Å²) in [5.74, 6) is -1.16. The zero-order chi connectivity index (χ0) is 17.6. The Hall–Kier alpha value is -1.92. The van der Waals surface area contributed by atoms with Crippen molar-refractivity contribution in [1.29, 1.82) is 0 Å². The maximum absolute atomic E-state index is 12.8. The Labute approximate surface area is 145 Å². The van der Waals surface area contributed by atoms with Gasteiger partial charge in [0.05, 0.1) is 10.6 Å². The lowest BCUT2D eigenvalue weighted by molar-refractivity contribution is -0.120. The lowest BCUT2D eigenvalue weighted by atomic mass is 10.1. The molecule has 0 aliphatic carbocycles. The lowest BCUT2D eigenvalue weighted by Crippen LogP contribution is -2.27. The molecule has 2 aromatic rings. The molecule has 1 amide bonds. The van der Waals surface area contributed by atoms with Crippen molar-refractivity contribution in [2.75, 3.05) is 12.3 Å². The van der Waals surface area contributed by atoms with E-state index < -0.39 is 15.7 Å². The number of halogens is 2. The minimum Gasteiger partial charge on any atom is -0.356 e. The predicted molar refractivity (Wildman–Crippen MR) is 91.2 cm³/mol. The molecule has 0 heterocycles. The highest BCUT2D eigenvalue weighted by Crippen LogP contribution is 2.13. The molecule has 0 bridgehead atoms. The summed E-state index contributed by atoms with van der Waals surface area (Å²) >= 11 is 5.79. The van der Waals surface area contributed by atoms with Crippen LogP contribution in [0.1, 0.15) is 12.0 Å². The van der Waals surface area contributed by atoms with Gasteiger partial charge in [0.2, 0.25) is 5.91 Å². The van der Waals surface area contributed by atoms with E-state index in [1.165, 1.54) is 12.1 Å². The number of nitrogens with one attached hydrogen (secondary N) is 1. The first-order valence-corrected chi connectivity index (χ1v) is 9.39. The van der Waals surface area contributed by atoms with Crippen molar-refractivity contribution in [1.82, 2.24) is 5.32 Å². The maximum Gasteiger partial charge on any atom is 0.221 e. The average Bonchev–Trinajstić information content (AvgIpc) is 2.55. The summed E-state index contributed by atoms with van der Waals surface area (Å²) in [6.45, 7) is 0.414. The summed E-state index contributed by atoms with van der Waals surface area (Å²) in [5, 5.41) is 3.33. The van der Waals surface area contributed by atoms with Gasteiger partial charge in [0.25, 0.3) is 0 Å².